The lowest BCUT2D eigenvalue weighted by molar-refractivity contribution is 0.405. The summed E-state index contributed by atoms with van der Waals surface area (Å²) in [6.07, 6.45) is 2.31. The Balaban J connectivity index is 2.87. The van der Waals surface area contributed by atoms with Crippen molar-refractivity contribution < 1.29 is 4.74 Å². The zero-order chi connectivity index (χ0) is 9.84. The molecule has 0 aliphatic carbocycles. The molecule has 0 radical (unpaired) electrons. The quantitative estimate of drug-likeness (QED) is 0.673. The molecule has 0 N–H and O–H groups in total. The normalized spacial score (nSPS) is 9.77. The van der Waals surface area contributed by atoms with Gasteiger partial charge in [-0.05, 0) is 26.1 Å². The van der Waals surface area contributed by atoms with Gasteiger partial charge in [0, 0.05) is 6.20 Å². The van der Waals surface area contributed by atoms with E-state index in [0.29, 0.717) is 11.5 Å². The van der Waals surface area contributed by atoms with Crippen LogP contribution in [-0.2, 0) is 11.2 Å². The summed E-state index contributed by atoms with van der Waals surface area (Å²) in [5.74, 6) is 0. The summed E-state index contributed by atoms with van der Waals surface area (Å²) < 4.78 is 4.91. The van der Waals surface area contributed by atoms with Crippen LogP contribution in [-0.4, -0.2) is 22.1 Å². The number of hydrogen-bond acceptors (Lipinski definition) is 4. The number of nitrogens with zero attached hydrogens (tertiary/aromatic N) is 2. The second-order valence-electron chi connectivity index (χ2n) is 2.80. The molecule has 1 aromatic heterocycles. The highest BCUT2D eigenvalue weighted by Gasteiger charge is 2.05. The van der Waals surface area contributed by atoms with Crippen molar-refractivity contribution in [2.45, 2.75) is 20.3 Å². The summed E-state index contributed by atoms with van der Waals surface area (Å²) in [6.45, 7) is 3.83. The van der Waals surface area contributed by atoms with Gasteiger partial charge in [0.15, 0.2) is 5.05 Å². The Hall–Kier alpha value is -1.03. The molecule has 13 heavy (non-hydrogen) atoms. The van der Waals surface area contributed by atoms with Crippen molar-refractivity contribution in [3.63, 3.8) is 0 Å². The Morgan fingerprint density at radius 1 is 1.54 bits per heavy atom. The van der Waals surface area contributed by atoms with E-state index in [0.717, 1.165) is 17.1 Å². The first-order valence-corrected chi connectivity index (χ1v) is 4.40. The van der Waals surface area contributed by atoms with Crippen LogP contribution in [0, 0.1) is 13.8 Å². The van der Waals surface area contributed by atoms with Crippen molar-refractivity contribution in [1.29, 1.82) is 0 Å². The smallest absolute Gasteiger partial charge is 0.165 e. The molecule has 1 rings (SSSR count). The second-order valence-corrected chi connectivity index (χ2v) is 3.25. The molecule has 1 aromatic rings. The van der Waals surface area contributed by atoms with Crippen molar-refractivity contribution in [2.75, 3.05) is 7.11 Å². The minimum atomic E-state index is 0.544. The van der Waals surface area contributed by atoms with Crippen molar-refractivity contribution >= 4 is 17.3 Å². The summed E-state index contributed by atoms with van der Waals surface area (Å²) in [6, 6.07) is 0. The minimum Gasteiger partial charge on any atom is -0.490 e. The maximum atomic E-state index is 4.95. The van der Waals surface area contributed by atoms with E-state index >= 15 is 0 Å². The fourth-order valence-electron chi connectivity index (χ4n) is 0.964. The lowest BCUT2D eigenvalue weighted by Gasteiger charge is -2.05. The summed E-state index contributed by atoms with van der Waals surface area (Å²) in [4.78, 5) is 8.52. The van der Waals surface area contributed by atoms with Crippen LogP contribution in [0.3, 0.4) is 0 Å². The topological polar surface area (TPSA) is 35.0 Å². The van der Waals surface area contributed by atoms with E-state index in [1.807, 2.05) is 13.8 Å². The van der Waals surface area contributed by atoms with Crippen molar-refractivity contribution in [1.82, 2.24) is 9.97 Å². The van der Waals surface area contributed by atoms with Crippen molar-refractivity contribution in [3.05, 3.63) is 23.3 Å². The molecule has 3 nitrogen and oxygen atoms in total. The van der Waals surface area contributed by atoms with Crippen LogP contribution >= 0.6 is 12.2 Å². The predicted molar refractivity (Wildman–Crippen MR) is 54.8 cm³/mol. The van der Waals surface area contributed by atoms with Gasteiger partial charge in [0.05, 0.1) is 30.6 Å². The Kier molecular flexibility index (Phi) is 3.31. The van der Waals surface area contributed by atoms with Gasteiger partial charge in [-0.15, -0.1) is 0 Å². The number of thiocarbonyl (C=S) groups is 1. The molecule has 70 valence electrons. The third-order valence-electron chi connectivity index (χ3n) is 1.71. The van der Waals surface area contributed by atoms with Crippen LogP contribution in [0.25, 0.3) is 0 Å². The molecule has 0 amide bonds. The minimum absolute atomic E-state index is 0.544. The molecule has 1 heterocycles. The monoisotopic (exact) mass is 196 g/mol. The molecule has 0 saturated carbocycles. The van der Waals surface area contributed by atoms with E-state index < -0.39 is 0 Å². The van der Waals surface area contributed by atoms with Crippen LogP contribution in [0.15, 0.2) is 6.20 Å². The predicted octanol–water partition coefficient (Wildman–Crippen LogP) is 1.61. The number of hydrogen-bond donors (Lipinski definition) is 0. The third-order valence-corrected chi connectivity index (χ3v) is 2.02. The molecule has 0 aliphatic heterocycles. The molecule has 0 saturated heterocycles. The van der Waals surface area contributed by atoms with Crippen LogP contribution < -0.4 is 0 Å². The average Bonchev–Trinajstić information content (AvgIpc) is 2.11. The lowest BCUT2D eigenvalue weighted by Crippen LogP contribution is -2.07. The number of aryl methyl sites for hydroxylation is 2. The maximum absolute atomic E-state index is 4.95. The highest BCUT2D eigenvalue weighted by molar-refractivity contribution is 7.80. The summed E-state index contributed by atoms with van der Waals surface area (Å²) in [5, 5.41) is 0.544. The zero-order valence-electron chi connectivity index (χ0n) is 8.00. The van der Waals surface area contributed by atoms with Gasteiger partial charge >= 0.3 is 0 Å². The highest BCUT2D eigenvalue weighted by atomic mass is 32.1. The van der Waals surface area contributed by atoms with Crippen LogP contribution in [0.1, 0.15) is 17.1 Å². The Morgan fingerprint density at radius 2 is 2.23 bits per heavy atom. The van der Waals surface area contributed by atoms with E-state index in [2.05, 4.69) is 9.97 Å². The van der Waals surface area contributed by atoms with E-state index in [-0.39, 0.29) is 0 Å². The van der Waals surface area contributed by atoms with Gasteiger partial charge < -0.3 is 4.74 Å². The summed E-state index contributed by atoms with van der Waals surface area (Å²) in [7, 11) is 1.57. The van der Waals surface area contributed by atoms with E-state index in [1.54, 1.807) is 13.3 Å². The molecular formula is C9H12N2OS. The third kappa shape index (κ3) is 2.73. The first-order chi connectivity index (χ1) is 6.13. The van der Waals surface area contributed by atoms with Crippen molar-refractivity contribution in [2.24, 2.45) is 0 Å². The molecular weight excluding hydrogens is 184 g/mol. The largest absolute Gasteiger partial charge is 0.490 e. The van der Waals surface area contributed by atoms with Crippen LogP contribution in [0.4, 0.5) is 0 Å². The van der Waals surface area contributed by atoms with Crippen LogP contribution in [0.5, 0.6) is 0 Å². The Labute approximate surface area is 83.2 Å². The van der Waals surface area contributed by atoms with E-state index in [1.165, 1.54) is 0 Å². The van der Waals surface area contributed by atoms with E-state index in [4.69, 9.17) is 17.0 Å². The average molecular weight is 196 g/mol. The maximum Gasteiger partial charge on any atom is 0.165 e. The Morgan fingerprint density at radius 3 is 2.85 bits per heavy atom. The van der Waals surface area contributed by atoms with Gasteiger partial charge in [0.25, 0.3) is 0 Å². The Bertz CT molecular complexity index is 325. The number of ether oxygens (including phenoxy) is 1. The SMILES string of the molecule is COC(=S)Cc1nc(C)cnc1C. The van der Waals surface area contributed by atoms with Gasteiger partial charge in [-0.3, -0.25) is 9.97 Å². The highest BCUT2D eigenvalue weighted by Crippen LogP contribution is 2.04. The van der Waals surface area contributed by atoms with Gasteiger partial charge in [0.2, 0.25) is 0 Å². The fraction of sp³-hybridized carbons (Fsp3) is 0.444. The molecule has 0 spiro atoms. The standard InChI is InChI=1S/C9H12N2OS/c1-6-5-10-7(2)8(11-6)4-9(13)12-3/h5H,4H2,1-3H3. The first kappa shape index (κ1) is 10.1. The first-order valence-electron chi connectivity index (χ1n) is 3.99. The van der Waals surface area contributed by atoms with Gasteiger partial charge in [-0.25, -0.2) is 0 Å². The number of methoxy groups -OCH3 is 1. The van der Waals surface area contributed by atoms with Gasteiger partial charge in [-0.1, -0.05) is 0 Å². The molecule has 4 heteroatoms. The summed E-state index contributed by atoms with van der Waals surface area (Å²) in [5.41, 5.74) is 2.70. The van der Waals surface area contributed by atoms with Crippen LogP contribution in [0.2, 0.25) is 0 Å². The second kappa shape index (κ2) is 4.28. The lowest BCUT2D eigenvalue weighted by atomic mass is 10.2. The van der Waals surface area contributed by atoms with E-state index in [9.17, 15) is 0 Å². The van der Waals surface area contributed by atoms with Crippen molar-refractivity contribution in [3.8, 4) is 0 Å². The van der Waals surface area contributed by atoms with Gasteiger partial charge in [-0.2, -0.15) is 0 Å². The molecule has 0 atom stereocenters. The zero-order valence-corrected chi connectivity index (χ0v) is 8.81. The molecule has 0 fully saturated rings. The molecule has 0 aliphatic rings. The molecule has 0 unspecified atom stereocenters. The fourth-order valence-corrected chi connectivity index (χ4v) is 1.10. The molecule has 0 aromatic carbocycles. The van der Waals surface area contributed by atoms with Gasteiger partial charge in [0.1, 0.15) is 0 Å². The number of rotatable bonds is 2. The molecule has 0 bridgehead atoms. The number of aromatic nitrogens is 2. The summed E-state index contributed by atoms with van der Waals surface area (Å²) >= 11 is 4.95.